The number of carbonyl (C=O) groups excluding carboxylic acids is 2. The maximum absolute atomic E-state index is 11.8. The maximum atomic E-state index is 11.8. The summed E-state index contributed by atoms with van der Waals surface area (Å²) in [5, 5.41) is 0. The third-order valence-corrected chi connectivity index (χ3v) is 2.59. The number of benzene rings is 1. The number of esters is 2. The lowest BCUT2D eigenvalue weighted by atomic mass is 10.2. The highest BCUT2D eigenvalue weighted by Gasteiger charge is 2.16. The molecule has 1 aromatic rings. The van der Waals surface area contributed by atoms with Crippen LogP contribution in [-0.2, 0) is 14.3 Å². The summed E-state index contributed by atoms with van der Waals surface area (Å²) in [5.41, 5.74) is 0.336. The first-order chi connectivity index (χ1) is 10.1. The fourth-order valence-corrected chi connectivity index (χ4v) is 1.50. The van der Waals surface area contributed by atoms with Gasteiger partial charge in [0.15, 0.2) is 6.10 Å². The minimum Gasteiger partial charge on any atom is -0.462 e. The molecular weight excluding hydrogens is 272 g/mol. The van der Waals surface area contributed by atoms with E-state index in [9.17, 15) is 9.59 Å². The van der Waals surface area contributed by atoms with Crippen LogP contribution in [0.25, 0.3) is 0 Å². The molecule has 0 N–H and O–H groups in total. The quantitative estimate of drug-likeness (QED) is 0.319. The van der Waals surface area contributed by atoms with Crippen molar-refractivity contribution in [2.24, 2.45) is 0 Å². The number of ether oxygens (including phenoxy) is 3. The lowest BCUT2D eigenvalue weighted by molar-refractivity contribution is -0.146. The van der Waals surface area contributed by atoms with Gasteiger partial charge in [-0.2, -0.15) is 0 Å². The van der Waals surface area contributed by atoms with Gasteiger partial charge in [0.05, 0.1) is 18.8 Å². The van der Waals surface area contributed by atoms with Crippen molar-refractivity contribution in [1.82, 2.24) is 0 Å². The number of hydrogen-bond acceptors (Lipinski definition) is 5. The second kappa shape index (κ2) is 8.92. The summed E-state index contributed by atoms with van der Waals surface area (Å²) < 4.78 is 15.4. The van der Waals surface area contributed by atoms with E-state index in [4.69, 9.17) is 14.2 Å². The number of carbonyl (C=O) groups is 2. The summed E-state index contributed by atoms with van der Waals surface area (Å²) in [6.45, 7) is 7.60. The molecule has 0 fully saturated rings. The SMILES string of the molecule is C=CCCOC(C)C(=O)Oc1cccc(C(=O)OCC)c1. The molecule has 0 aliphatic carbocycles. The van der Waals surface area contributed by atoms with E-state index in [-0.39, 0.29) is 12.4 Å². The van der Waals surface area contributed by atoms with E-state index >= 15 is 0 Å². The molecule has 0 aromatic heterocycles. The molecule has 1 unspecified atom stereocenters. The van der Waals surface area contributed by atoms with Crippen LogP contribution in [0, 0.1) is 0 Å². The van der Waals surface area contributed by atoms with Gasteiger partial charge in [-0.1, -0.05) is 12.1 Å². The molecule has 1 atom stereocenters. The van der Waals surface area contributed by atoms with Crippen LogP contribution in [0.5, 0.6) is 5.75 Å². The fraction of sp³-hybridized carbons (Fsp3) is 0.375. The summed E-state index contributed by atoms with van der Waals surface area (Å²) in [7, 11) is 0. The average Bonchev–Trinajstić information content (AvgIpc) is 2.48. The Balaban J connectivity index is 2.61. The van der Waals surface area contributed by atoms with E-state index < -0.39 is 18.0 Å². The van der Waals surface area contributed by atoms with Crippen molar-refractivity contribution in [3.63, 3.8) is 0 Å². The summed E-state index contributed by atoms with van der Waals surface area (Å²) >= 11 is 0. The Morgan fingerprint density at radius 3 is 2.81 bits per heavy atom. The third kappa shape index (κ3) is 5.79. The van der Waals surface area contributed by atoms with Crippen molar-refractivity contribution < 1.29 is 23.8 Å². The highest BCUT2D eigenvalue weighted by atomic mass is 16.6. The van der Waals surface area contributed by atoms with E-state index in [0.29, 0.717) is 18.6 Å². The van der Waals surface area contributed by atoms with E-state index in [1.165, 1.54) is 6.07 Å². The topological polar surface area (TPSA) is 61.8 Å². The molecule has 0 aliphatic heterocycles. The molecule has 0 amide bonds. The van der Waals surface area contributed by atoms with Gasteiger partial charge in [0, 0.05) is 0 Å². The first kappa shape index (κ1) is 16.9. The lowest BCUT2D eigenvalue weighted by Gasteiger charge is -2.12. The summed E-state index contributed by atoms with van der Waals surface area (Å²) in [5.74, 6) is -0.685. The smallest absolute Gasteiger partial charge is 0.340 e. The van der Waals surface area contributed by atoms with Crippen LogP contribution >= 0.6 is 0 Å². The van der Waals surface area contributed by atoms with Gasteiger partial charge in [0.25, 0.3) is 0 Å². The van der Waals surface area contributed by atoms with E-state index in [1.807, 2.05) is 0 Å². The van der Waals surface area contributed by atoms with E-state index in [0.717, 1.165) is 0 Å². The lowest BCUT2D eigenvalue weighted by Crippen LogP contribution is -2.26. The van der Waals surface area contributed by atoms with Crippen LogP contribution in [0.2, 0.25) is 0 Å². The third-order valence-electron chi connectivity index (χ3n) is 2.59. The fourth-order valence-electron chi connectivity index (χ4n) is 1.50. The molecule has 114 valence electrons. The standard InChI is InChI=1S/C16H20O5/c1-4-6-10-20-12(3)15(17)21-14-9-7-8-13(11-14)16(18)19-5-2/h4,7-9,11-12H,1,5-6,10H2,2-3H3. The maximum Gasteiger partial charge on any atom is 0.340 e. The van der Waals surface area contributed by atoms with E-state index in [1.54, 1.807) is 38.1 Å². The van der Waals surface area contributed by atoms with Crippen molar-refractivity contribution in [1.29, 1.82) is 0 Å². The van der Waals surface area contributed by atoms with Crippen molar-refractivity contribution in [2.45, 2.75) is 26.4 Å². The second-order valence-electron chi connectivity index (χ2n) is 4.26. The van der Waals surface area contributed by atoms with Gasteiger partial charge in [-0.15, -0.1) is 6.58 Å². The largest absolute Gasteiger partial charge is 0.462 e. The first-order valence-electron chi connectivity index (χ1n) is 6.79. The molecule has 0 heterocycles. The van der Waals surface area contributed by atoms with Crippen LogP contribution < -0.4 is 4.74 Å². The average molecular weight is 292 g/mol. The minimum atomic E-state index is -0.684. The van der Waals surface area contributed by atoms with Gasteiger partial charge >= 0.3 is 11.9 Å². The van der Waals surface area contributed by atoms with Gasteiger partial charge in [-0.3, -0.25) is 0 Å². The molecule has 0 spiro atoms. The highest BCUT2D eigenvalue weighted by Crippen LogP contribution is 2.15. The molecule has 5 nitrogen and oxygen atoms in total. The molecular formula is C16H20O5. The van der Waals surface area contributed by atoms with Crippen LogP contribution in [0.1, 0.15) is 30.6 Å². The van der Waals surface area contributed by atoms with Crippen molar-refractivity contribution >= 4 is 11.9 Å². The van der Waals surface area contributed by atoms with Crippen molar-refractivity contribution in [3.8, 4) is 5.75 Å². The zero-order valence-corrected chi connectivity index (χ0v) is 12.3. The molecule has 0 radical (unpaired) electrons. The Bertz CT molecular complexity index is 495. The molecule has 1 aromatic carbocycles. The molecule has 1 rings (SSSR count). The normalized spacial score (nSPS) is 11.5. The van der Waals surface area contributed by atoms with Gasteiger partial charge < -0.3 is 14.2 Å². The molecule has 0 bridgehead atoms. The van der Waals surface area contributed by atoms with Gasteiger partial charge in [-0.25, -0.2) is 9.59 Å². The van der Waals surface area contributed by atoms with Crippen molar-refractivity contribution in [2.75, 3.05) is 13.2 Å². The van der Waals surface area contributed by atoms with E-state index in [2.05, 4.69) is 6.58 Å². The molecule has 21 heavy (non-hydrogen) atoms. The zero-order chi connectivity index (χ0) is 15.7. The Hall–Kier alpha value is -2.14. The number of rotatable bonds is 8. The van der Waals surface area contributed by atoms with Crippen LogP contribution in [0.4, 0.5) is 0 Å². The predicted molar refractivity (Wildman–Crippen MR) is 78.3 cm³/mol. The van der Waals surface area contributed by atoms with Crippen LogP contribution in [0.15, 0.2) is 36.9 Å². The predicted octanol–water partition coefficient (Wildman–Crippen LogP) is 2.75. The molecule has 5 heteroatoms. The van der Waals surface area contributed by atoms with Gasteiger partial charge in [-0.05, 0) is 38.5 Å². The van der Waals surface area contributed by atoms with Gasteiger partial charge in [0.1, 0.15) is 5.75 Å². The minimum absolute atomic E-state index is 0.282. The molecule has 0 aliphatic rings. The summed E-state index contributed by atoms with van der Waals surface area (Å²) in [6, 6.07) is 6.28. The summed E-state index contributed by atoms with van der Waals surface area (Å²) in [4.78, 5) is 23.4. The van der Waals surface area contributed by atoms with Crippen molar-refractivity contribution in [3.05, 3.63) is 42.5 Å². The van der Waals surface area contributed by atoms with Gasteiger partial charge in [0.2, 0.25) is 0 Å². The Labute approximate surface area is 124 Å². The Kier molecular flexibility index (Phi) is 7.18. The highest BCUT2D eigenvalue weighted by molar-refractivity contribution is 5.90. The number of hydrogen-bond donors (Lipinski definition) is 0. The second-order valence-corrected chi connectivity index (χ2v) is 4.26. The molecule has 0 saturated carbocycles. The Morgan fingerprint density at radius 1 is 1.38 bits per heavy atom. The monoisotopic (exact) mass is 292 g/mol. The van der Waals surface area contributed by atoms with Crippen LogP contribution in [0.3, 0.4) is 0 Å². The van der Waals surface area contributed by atoms with Crippen LogP contribution in [-0.4, -0.2) is 31.3 Å². The summed E-state index contributed by atoms with van der Waals surface area (Å²) in [6.07, 6.45) is 1.69. The zero-order valence-electron chi connectivity index (χ0n) is 12.3. The first-order valence-corrected chi connectivity index (χ1v) is 6.79. The Morgan fingerprint density at radius 2 is 2.14 bits per heavy atom. The molecule has 0 saturated heterocycles.